The first-order valence-corrected chi connectivity index (χ1v) is 8.29. The molecule has 10 heteroatoms. The summed E-state index contributed by atoms with van der Waals surface area (Å²) < 4.78 is 5.48. The standard InChI is InChI=1S/C16H12N4O5S/c21-13-6-5-11(20(23)24)7-10(13)8-17-19-15(22)9-26-16-18-12-3-1-2-4-14(12)25-16/h1-8,21H,9H2,(H,19,22)/b17-8-. The number of phenolic OH excluding ortho intramolecular Hbond substituents is 1. The molecule has 0 spiro atoms. The number of rotatable bonds is 6. The number of hydrogen-bond acceptors (Lipinski definition) is 8. The van der Waals surface area contributed by atoms with E-state index in [-0.39, 0.29) is 22.8 Å². The molecule has 0 unspecified atom stereocenters. The molecule has 2 N–H and O–H groups in total. The van der Waals surface area contributed by atoms with Gasteiger partial charge in [0.2, 0.25) is 0 Å². The number of non-ortho nitro benzene ring substituents is 1. The van der Waals surface area contributed by atoms with E-state index in [1.54, 1.807) is 12.1 Å². The van der Waals surface area contributed by atoms with Crippen molar-refractivity contribution >= 4 is 40.7 Å². The summed E-state index contributed by atoms with van der Waals surface area (Å²) in [5.74, 6) is -0.585. The van der Waals surface area contributed by atoms with Crippen molar-refractivity contribution in [3.8, 4) is 5.75 Å². The summed E-state index contributed by atoms with van der Waals surface area (Å²) in [5, 5.41) is 24.4. The number of amides is 1. The van der Waals surface area contributed by atoms with E-state index in [1.165, 1.54) is 12.1 Å². The van der Waals surface area contributed by atoms with Crippen LogP contribution in [-0.2, 0) is 4.79 Å². The highest BCUT2D eigenvalue weighted by atomic mass is 32.2. The number of nitro benzene ring substituents is 1. The van der Waals surface area contributed by atoms with Gasteiger partial charge in [0.25, 0.3) is 16.8 Å². The summed E-state index contributed by atoms with van der Waals surface area (Å²) >= 11 is 1.11. The lowest BCUT2D eigenvalue weighted by atomic mass is 10.2. The number of nitrogens with one attached hydrogen (secondary N) is 1. The molecule has 2 aromatic carbocycles. The second-order valence-electron chi connectivity index (χ2n) is 5.03. The summed E-state index contributed by atoms with van der Waals surface area (Å²) in [6, 6.07) is 10.8. The van der Waals surface area contributed by atoms with Crippen molar-refractivity contribution in [2.24, 2.45) is 5.10 Å². The first kappa shape index (κ1) is 17.4. The number of para-hydroxylation sites is 2. The highest BCUT2D eigenvalue weighted by Gasteiger charge is 2.10. The Morgan fingerprint density at radius 1 is 1.38 bits per heavy atom. The Hall–Kier alpha value is -3.40. The molecule has 3 rings (SSSR count). The molecule has 0 saturated carbocycles. The fourth-order valence-corrected chi connectivity index (χ4v) is 2.64. The number of hydrogen-bond donors (Lipinski definition) is 2. The Bertz CT molecular complexity index is 968. The first-order chi connectivity index (χ1) is 12.5. The molecular weight excluding hydrogens is 360 g/mol. The third-order valence-corrected chi connectivity index (χ3v) is 4.04. The number of nitrogens with zero attached hydrogens (tertiary/aromatic N) is 3. The largest absolute Gasteiger partial charge is 0.507 e. The van der Waals surface area contributed by atoms with Gasteiger partial charge in [-0.25, -0.2) is 10.4 Å². The molecule has 0 aliphatic carbocycles. The third-order valence-electron chi connectivity index (χ3n) is 3.22. The zero-order chi connectivity index (χ0) is 18.5. The summed E-state index contributed by atoms with van der Waals surface area (Å²) in [6.45, 7) is 0. The molecule has 0 aliphatic rings. The van der Waals surface area contributed by atoms with Gasteiger partial charge in [-0.1, -0.05) is 23.9 Å². The monoisotopic (exact) mass is 372 g/mol. The summed E-state index contributed by atoms with van der Waals surface area (Å²) in [7, 11) is 0. The van der Waals surface area contributed by atoms with Crippen LogP contribution < -0.4 is 5.43 Å². The average Bonchev–Trinajstić information content (AvgIpc) is 3.04. The van der Waals surface area contributed by atoms with Crippen molar-refractivity contribution in [1.82, 2.24) is 10.4 Å². The molecule has 0 aliphatic heterocycles. The number of carbonyl (C=O) groups is 1. The lowest BCUT2D eigenvalue weighted by Gasteiger charge is -1.99. The molecule has 1 aromatic heterocycles. The quantitative estimate of drug-likeness (QED) is 0.294. The molecule has 1 heterocycles. The number of carbonyl (C=O) groups excluding carboxylic acids is 1. The maximum atomic E-state index is 11.8. The average molecular weight is 372 g/mol. The van der Waals surface area contributed by atoms with Crippen LogP contribution in [0, 0.1) is 10.1 Å². The number of fused-ring (bicyclic) bond motifs is 1. The van der Waals surface area contributed by atoms with Gasteiger partial charge in [0.1, 0.15) is 11.3 Å². The van der Waals surface area contributed by atoms with Gasteiger partial charge in [-0.05, 0) is 18.2 Å². The number of hydrazone groups is 1. The molecule has 26 heavy (non-hydrogen) atoms. The predicted octanol–water partition coefficient (Wildman–Crippen LogP) is 2.68. The van der Waals surface area contributed by atoms with Gasteiger partial charge in [0, 0.05) is 17.7 Å². The summed E-state index contributed by atoms with van der Waals surface area (Å²) in [4.78, 5) is 26.2. The molecule has 0 bridgehead atoms. The zero-order valence-electron chi connectivity index (χ0n) is 13.2. The van der Waals surface area contributed by atoms with Crippen LogP contribution >= 0.6 is 11.8 Å². The SMILES string of the molecule is O=C(CSc1nc2ccccc2o1)N/N=C\c1cc([N+](=O)[O-])ccc1O. The topological polar surface area (TPSA) is 131 Å². The fraction of sp³-hybridized carbons (Fsp3) is 0.0625. The number of thioether (sulfide) groups is 1. The van der Waals surface area contributed by atoms with Gasteiger partial charge < -0.3 is 9.52 Å². The highest BCUT2D eigenvalue weighted by Crippen LogP contribution is 2.23. The van der Waals surface area contributed by atoms with Crippen LogP contribution in [0.5, 0.6) is 5.75 Å². The van der Waals surface area contributed by atoms with E-state index in [0.717, 1.165) is 24.0 Å². The molecule has 0 saturated heterocycles. The lowest BCUT2D eigenvalue weighted by molar-refractivity contribution is -0.384. The van der Waals surface area contributed by atoms with Crippen molar-refractivity contribution < 1.29 is 19.2 Å². The minimum atomic E-state index is -0.591. The van der Waals surface area contributed by atoms with E-state index in [9.17, 15) is 20.0 Å². The minimum Gasteiger partial charge on any atom is -0.507 e. The Morgan fingerprint density at radius 2 is 2.19 bits per heavy atom. The predicted molar refractivity (Wildman–Crippen MR) is 95.2 cm³/mol. The summed E-state index contributed by atoms with van der Waals surface area (Å²) in [5.41, 5.74) is 3.53. The van der Waals surface area contributed by atoms with E-state index in [1.807, 2.05) is 12.1 Å². The van der Waals surface area contributed by atoms with Crippen LogP contribution in [0.4, 0.5) is 5.69 Å². The lowest BCUT2D eigenvalue weighted by Crippen LogP contribution is -2.19. The van der Waals surface area contributed by atoms with Crippen molar-refractivity contribution in [2.75, 3.05) is 5.75 Å². The molecule has 1 amide bonds. The van der Waals surface area contributed by atoms with Crippen LogP contribution in [0.25, 0.3) is 11.1 Å². The van der Waals surface area contributed by atoms with Crippen molar-refractivity contribution in [2.45, 2.75) is 5.22 Å². The fourth-order valence-electron chi connectivity index (χ4n) is 2.01. The Balaban J connectivity index is 1.56. The van der Waals surface area contributed by atoms with Crippen LogP contribution in [0.3, 0.4) is 0 Å². The van der Waals surface area contributed by atoms with Gasteiger partial charge in [-0.3, -0.25) is 14.9 Å². The van der Waals surface area contributed by atoms with Crippen LogP contribution in [0.2, 0.25) is 0 Å². The van der Waals surface area contributed by atoms with Crippen LogP contribution in [0.1, 0.15) is 5.56 Å². The molecule has 9 nitrogen and oxygen atoms in total. The van der Waals surface area contributed by atoms with Crippen molar-refractivity contribution in [1.29, 1.82) is 0 Å². The van der Waals surface area contributed by atoms with Crippen LogP contribution in [0.15, 0.2) is 57.2 Å². The number of benzene rings is 2. The zero-order valence-corrected chi connectivity index (χ0v) is 14.0. The maximum Gasteiger partial charge on any atom is 0.270 e. The van der Waals surface area contributed by atoms with Crippen molar-refractivity contribution in [3.63, 3.8) is 0 Å². The van der Waals surface area contributed by atoms with E-state index in [4.69, 9.17) is 4.42 Å². The molecular formula is C16H12N4O5S. The maximum absolute atomic E-state index is 11.8. The van der Waals surface area contributed by atoms with E-state index in [2.05, 4.69) is 15.5 Å². The molecule has 132 valence electrons. The highest BCUT2D eigenvalue weighted by molar-refractivity contribution is 7.99. The molecule has 3 aromatic rings. The molecule has 0 fully saturated rings. The smallest absolute Gasteiger partial charge is 0.270 e. The number of nitro groups is 1. The van der Waals surface area contributed by atoms with Gasteiger partial charge in [0.05, 0.1) is 16.9 Å². The van der Waals surface area contributed by atoms with Crippen molar-refractivity contribution in [3.05, 3.63) is 58.1 Å². The van der Waals surface area contributed by atoms with Gasteiger partial charge in [-0.15, -0.1) is 0 Å². The third kappa shape index (κ3) is 4.16. The minimum absolute atomic E-state index is 0.0189. The first-order valence-electron chi connectivity index (χ1n) is 7.30. The van der Waals surface area contributed by atoms with Crippen LogP contribution in [-0.4, -0.2) is 32.9 Å². The Morgan fingerprint density at radius 3 is 2.96 bits per heavy atom. The van der Waals surface area contributed by atoms with Gasteiger partial charge in [0.15, 0.2) is 5.58 Å². The molecule has 0 radical (unpaired) electrons. The second kappa shape index (κ2) is 7.66. The number of aromatic hydroxyl groups is 1. The number of phenols is 1. The molecule has 0 atom stereocenters. The second-order valence-corrected chi connectivity index (χ2v) is 5.96. The van der Waals surface area contributed by atoms with E-state index < -0.39 is 10.8 Å². The number of aromatic nitrogens is 1. The summed E-state index contributed by atoms with van der Waals surface area (Å²) in [6.07, 6.45) is 1.13. The Kier molecular flexibility index (Phi) is 5.13. The number of oxazole rings is 1. The Labute approximate surface area is 150 Å². The van der Waals surface area contributed by atoms with E-state index in [0.29, 0.717) is 16.3 Å². The van der Waals surface area contributed by atoms with E-state index >= 15 is 0 Å². The van der Waals surface area contributed by atoms with Gasteiger partial charge in [-0.2, -0.15) is 5.10 Å². The van der Waals surface area contributed by atoms with Gasteiger partial charge >= 0.3 is 0 Å². The normalized spacial score (nSPS) is 11.1.